The molecular weight excluding hydrogens is 266 g/mol. The quantitative estimate of drug-likeness (QED) is 0.436. The molecular formula is C13H22ClN3O2. The van der Waals surface area contributed by atoms with Gasteiger partial charge in [0.1, 0.15) is 11.4 Å². The molecule has 1 aromatic rings. The van der Waals surface area contributed by atoms with Crippen molar-refractivity contribution in [3.05, 3.63) is 21.5 Å². The summed E-state index contributed by atoms with van der Waals surface area (Å²) in [7, 11) is 0. The van der Waals surface area contributed by atoms with Crippen molar-refractivity contribution in [2.45, 2.75) is 58.9 Å². The van der Waals surface area contributed by atoms with E-state index in [0.29, 0.717) is 30.3 Å². The van der Waals surface area contributed by atoms with Gasteiger partial charge in [0.15, 0.2) is 0 Å². The Kier molecular flexibility index (Phi) is 5.79. The Morgan fingerprint density at radius 3 is 2.58 bits per heavy atom. The molecule has 0 saturated carbocycles. The van der Waals surface area contributed by atoms with E-state index >= 15 is 0 Å². The van der Waals surface area contributed by atoms with E-state index in [0.717, 1.165) is 12.8 Å². The van der Waals surface area contributed by atoms with Crippen molar-refractivity contribution in [2.75, 3.05) is 0 Å². The lowest BCUT2D eigenvalue weighted by Gasteiger charge is -2.12. The zero-order chi connectivity index (χ0) is 14.6. The zero-order valence-electron chi connectivity index (χ0n) is 12.0. The number of nitrogens with zero attached hydrogens (tertiary/aromatic N) is 3. The summed E-state index contributed by atoms with van der Waals surface area (Å²) in [6, 6.07) is 0. The Bertz CT molecular complexity index is 443. The molecule has 1 atom stereocenters. The molecule has 0 fully saturated rings. The minimum Gasteiger partial charge on any atom is -0.262 e. The molecule has 6 heteroatoms. The fourth-order valence-electron chi connectivity index (χ4n) is 2.26. The summed E-state index contributed by atoms with van der Waals surface area (Å²) < 4.78 is 1.74. The second-order valence-electron chi connectivity index (χ2n) is 5.29. The topological polar surface area (TPSA) is 61.0 Å². The molecule has 0 aliphatic heterocycles. The molecule has 0 radical (unpaired) electrons. The Morgan fingerprint density at radius 1 is 1.47 bits per heavy atom. The van der Waals surface area contributed by atoms with Gasteiger partial charge in [-0.3, -0.25) is 14.8 Å². The molecule has 108 valence electrons. The maximum atomic E-state index is 11.2. The van der Waals surface area contributed by atoms with Gasteiger partial charge in [-0.1, -0.05) is 20.8 Å². The van der Waals surface area contributed by atoms with Crippen molar-refractivity contribution in [3.63, 3.8) is 0 Å². The van der Waals surface area contributed by atoms with Crippen LogP contribution in [-0.4, -0.2) is 20.1 Å². The van der Waals surface area contributed by atoms with Gasteiger partial charge < -0.3 is 0 Å². The fraction of sp³-hybridized carbons (Fsp3) is 0.769. The number of aromatic nitrogens is 2. The maximum absolute atomic E-state index is 11.2. The first-order valence-electron chi connectivity index (χ1n) is 6.71. The van der Waals surface area contributed by atoms with Crippen molar-refractivity contribution < 1.29 is 4.92 Å². The lowest BCUT2D eigenvalue weighted by molar-refractivity contribution is -0.386. The number of rotatable bonds is 7. The van der Waals surface area contributed by atoms with Crippen LogP contribution < -0.4 is 0 Å². The van der Waals surface area contributed by atoms with Crippen molar-refractivity contribution in [2.24, 2.45) is 5.92 Å². The van der Waals surface area contributed by atoms with Gasteiger partial charge in [-0.05, 0) is 25.7 Å². The average molecular weight is 288 g/mol. The van der Waals surface area contributed by atoms with Gasteiger partial charge in [-0.25, -0.2) is 0 Å². The summed E-state index contributed by atoms with van der Waals surface area (Å²) in [5.74, 6) is 0.477. The lowest BCUT2D eigenvalue weighted by atomic mass is 10.0. The molecule has 0 amide bonds. The first kappa shape index (κ1) is 16.0. The normalized spacial score (nSPS) is 12.9. The van der Waals surface area contributed by atoms with E-state index in [1.165, 1.54) is 0 Å². The Labute approximate surface area is 119 Å². The molecule has 5 nitrogen and oxygen atoms in total. The Balaban J connectivity index is 3.04. The van der Waals surface area contributed by atoms with Gasteiger partial charge in [-0.15, -0.1) is 11.6 Å². The lowest BCUT2D eigenvalue weighted by Crippen LogP contribution is -2.13. The molecule has 0 N–H and O–H groups in total. The number of aryl methyl sites for hydroxylation is 2. The van der Waals surface area contributed by atoms with Crippen LogP contribution in [0.2, 0.25) is 0 Å². The third-order valence-corrected chi connectivity index (χ3v) is 3.29. The van der Waals surface area contributed by atoms with E-state index in [2.05, 4.69) is 18.9 Å². The molecule has 19 heavy (non-hydrogen) atoms. The third kappa shape index (κ3) is 4.20. The summed E-state index contributed by atoms with van der Waals surface area (Å²) in [6.07, 6.45) is 2.23. The molecule has 0 aliphatic carbocycles. The molecule has 1 aromatic heterocycles. The van der Waals surface area contributed by atoms with Crippen LogP contribution in [0.4, 0.5) is 5.69 Å². The van der Waals surface area contributed by atoms with Gasteiger partial charge in [0.25, 0.3) is 0 Å². The van der Waals surface area contributed by atoms with Gasteiger partial charge in [0, 0.05) is 18.3 Å². The van der Waals surface area contributed by atoms with Crippen LogP contribution in [-0.2, 0) is 13.0 Å². The van der Waals surface area contributed by atoms with Crippen molar-refractivity contribution in [3.8, 4) is 0 Å². The second-order valence-corrected chi connectivity index (χ2v) is 5.91. The van der Waals surface area contributed by atoms with Crippen LogP contribution in [0.5, 0.6) is 0 Å². The van der Waals surface area contributed by atoms with E-state index in [-0.39, 0.29) is 16.0 Å². The molecule has 1 unspecified atom stereocenters. The van der Waals surface area contributed by atoms with Crippen LogP contribution >= 0.6 is 11.6 Å². The highest BCUT2D eigenvalue weighted by atomic mass is 35.5. The van der Waals surface area contributed by atoms with E-state index < -0.39 is 0 Å². The van der Waals surface area contributed by atoms with Crippen LogP contribution in [0.1, 0.15) is 45.0 Å². The van der Waals surface area contributed by atoms with Crippen molar-refractivity contribution in [1.29, 1.82) is 0 Å². The first-order valence-corrected chi connectivity index (χ1v) is 7.15. The molecule has 0 spiro atoms. The number of hydrogen-bond donors (Lipinski definition) is 0. The average Bonchev–Trinajstić information content (AvgIpc) is 2.54. The van der Waals surface area contributed by atoms with Crippen LogP contribution in [0, 0.1) is 23.0 Å². The van der Waals surface area contributed by atoms with E-state index in [9.17, 15) is 10.1 Å². The van der Waals surface area contributed by atoms with Crippen molar-refractivity contribution >= 4 is 17.3 Å². The Hall–Kier alpha value is -1.10. The summed E-state index contributed by atoms with van der Waals surface area (Å²) in [4.78, 5) is 10.8. The van der Waals surface area contributed by atoms with Crippen LogP contribution in [0.25, 0.3) is 0 Å². The smallest absolute Gasteiger partial charge is 0.262 e. The maximum Gasteiger partial charge on any atom is 0.313 e. The number of hydrogen-bond acceptors (Lipinski definition) is 3. The third-order valence-electron chi connectivity index (χ3n) is 2.96. The number of halogens is 1. The van der Waals surface area contributed by atoms with Crippen molar-refractivity contribution in [1.82, 2.24) is 9.78 Å². The van der Waals surface area contributed by atoms with Crippen LogP contribution in [0.3, 0.4) is 0 Å². The predicted octanol–water partition coefficient (Wildman–Crippen LogP) is 3.71. The first-order chi connectivity index (χ1) is 8.86. The molecule has 0 aliphatic rings. The zero-order valence-corrected chi connectivity index (χ0v) is 12.8. The largest absolute Gasteiger partial charge is 0.313 e. The summed E-state index contributed by atoms with van der Waals surface area (Å²) >= 11 is 6.30. The molecule has 0 bridgehead atoms. The standard InChI is InChI=1S/C13H22ClN3O2/c1-5-6-16-12(8-11(14)7-9(2)3)13(17(18)19)10(4)15-16/h9,11H,5-8H2,1-4H3. The molecule has 0 saturated heterocycles. The van der Waals surface area contributed by atoms with Gasteiger partial charge >= 0.3 is 5.69 Å². The van der Waals surface area contributed by atoms with E-state index in [1.807, 2.05) is 6.92 Å². The summed E-state index contributed by atoms with van der Waals surface area (Å²) in [5.41, 5.74) is 1.26. The monoisotopic (exact) mass is 287 g/mol. The molecule has 1 rings (SSSR count). The minimum absolute atomic E-state index is 0.0922. The molecule has 1 heterocycles. The van der Waals surface area contributed by atoms with E-state index in [1.54, 1.807) is 11.6 Å². The highest BCUT2D eigenvalue weighted by Gasteiger charge is 2.26. The number of nitro groups is 1. The SMILES string of the molecule is CCCn1nc(C)c([N+](=O)[O-])c1CC(Cl)CC(C)C. The van der Waals surface area contributed by atoms with Crippen LogP contribution in [0.15, 0.2) is 0 Å². The number of alkyl halides is 1. The fourth-order valence-corrected chi connectivity index (χ4v) is 2.76. The highest BCUT2D eigenvalue weighted by molar-refractivity contribution is 6.20. The predicted molar refractivity (Wildman–Crippen MR) is 76.7 cm³/mol. The second kappa shape index (κ2) is 6.89. The van der Waals surface area contributed by atoms with E-state index in [4.69, 9.17) is 11.6 Å². The van der Waals surface area contributed by atoms with Gasteiger partial charge in [0.2, 0.25) is 0 Å². The minimum atomic E-state index is -0.344. The highest BCUT2D eigenvalue weighted by Crippen LogP contribution is 2.27. The summed E-state index contributed by atoms with van der Waals surface area (Å²) in [6.45, 7) is 8.59. The van der Waals surface area contributed by atoms with Gasteiger partial charge in [0.05, 0.1) is 4.92 Å². The molecule has 0 aromatic carbocycles. The summed E-state index contributed by atoms with van der Waals surface area (Å²) in [5, 5.41) is 15.4. The Morgan fingerprint density at radius 2 is 2.11 bits per heavy atom. The van der Waals surface area contributed by atoms with Gasteiger partial charge in [-0.2, -0.15) is 5.10 Å².